The second-order valence-electron chi connectivity index (χ2n) is 7.83. The smallest absolute Gasteiger partial charge is 0.335 e. The van der Waals surface area contributed by atoms with E-state index in [4.69, 9.17) is 19.3 Å². The number of aliphatic carboxylic acids is 1. The number of carboxylic acid groups (broad SMARTS) is 1. The number of aromatic hydroxyl groups is 3. The Morgan fingerprint density at radius 2 is 1.64 bits per heavy atom. The Kier molecular flexibility index (Phi) is 5.95. The van der Waals surface area contributed by atoms with Crippen molar-refractivity contribution in [3.05, 3.63) is 41.5 Å². The molecule has 2 aliphatic heterocycles. The number of aliphatic hydroxyl groups is 4. The molecule has 0 bridgehead atoms. The summed E-state index contributed by atoms with van der Waals surface area (Å²) >= 11 is 0. The maximum absolute atomic E-state index is 11.3. The molecule has 1 fully saturated rings. The van der Waals surface area contributed by atoms with Gasteiger partial charge in [-0.25, -0.2) is 4.79 Å². The molecule has 0 radical (unpaired) electrons. The van der Waals surface area contributed by atoms with Gasteiger partial charge in [-0.15, -0.1) is 0 Å². The molecule has 2 aromatic carbocycles. The van der Waals surface area contributed by atoms with Crippen LogP contribution in [0, 0.1) is 0 Å². The molecule has 12 nitrogen and oxygen atoms in total. The molecule has 33 heavy (non-hydrogen) atoms. The largest absolute Gasteiger partial charge is 0.507 e. The van der Waals surface area contributed by atoms with Gasteiger partial charge in [0.05, 0.1) is 6.10 Å². The van der Waals surface area contributed by atoms with Gasteiger partial charge in [-0.05, 0) is 17.7 Å². The first kappa shape index (κ1) is 22.9. The van der Waals surface area contributed by atoms with Gasteiger partial charge in [-0.1, -0.05) is 6.07 Å². The van der Waals surface area contributed by atoms with E-state index >= 15 is 0 Å². The molecule has 2 aliphatic rings. The van der Waals surface area contributed by atoms with E-state index in [-0.39, 0.29) is 35.0 Å². The molecule has 0 amide bonds. The highest BCUT2D eigenvalue weighted by Gasteiger charge is 2.48. The molecule has 7 atom stereocenters. The number of fused-ring (bicyclic) bond motifs is 1. The highest BCUT2D eigenvalue weighted by molar-refractivity contribution is 5.73. The SMILES string of the molecule is O=C(O)C1OC(Oc2cc(O)c3c(c2)OC(c2ccc(O)c(O)c2)C(O)C3)C(O)C(O)C1O. The summed E-state index contributed by atoms with van der Waals surface area (Å²) in [4.78, 5) is 11.3. The van der Waals surface area contributed by atoms with Crippen LogP contribution in [0.25, 0.3) is 0 Å². The number of carboxylic acids is 1. The van der Waals surface area contributed by atoms with Gasteiger partial charge in [0, 0.05) is 24.1 Å². The number of phenolic OH excluding ortho intramolecular Hbond substituents is 3. The number of hydrogen-bond donors (Lipinski definition) is 8. The van der Waals surface area contributed by atoms with Crippen molar-refractivity contribution in [1.29, 1.82) is 0 Å². The van der Waals surface area contributed by atoms with Crippen molar-refractivity contribution in [2.45, 2.75) is 49.3 Å². The fraction of sp³-hybridized carbons (Fsp3) is 0.381. The average molecular weight is 466 g/mol. The summed E-state index contributed by atoms with van der Waals surface area (Å²) in [5.74, 6) is -2.69. The normalized spacial score (nSPS) is 31.3. The van der Waals surface area contributed by atoms with E-state index in [0.29, 0.717) is 5.56 Å². The van der Waals surface area contributed by atoms with Crippen LogP contribution in [0.3, 0.4) is 0 Å². The first-order valence-corrected chi connectivity index (χ1v) is 9.88. The Morgan fingerprint density at radius 1 is 0.909 bits per heavy atom. The predicted molar refractivity (Wildman–Crippen MR) is 106 cm³/mol. The number of carbonyl (C=O) groups is 1. The minimum absolute atomic E-state index is 0.0255. The van der Waals surface area contributed by atoms with Gasteiger partial charge in [-0.2, -0.15) is 0 Å². The summed E-state index contributed by atoms with van der Waals surface area (Å²) < 4.78 is 16.3. The standard InChI is InChI=1S/C21H22O12/c22-10-2-1-7(3-12(10)24)18-13(25)6-9-11(23)4-8(5-14(9)32-18)31-21-17(28)15(26)16(27)19(33-21)20(29)30/h1-5,13,15-19,21-28H,6H2,(H,29,30). The van der Waals surface area contributed by atoms with E-state index in [0.717, 1.165) is 6.07 Å². The first-order chi connectivity index (χ1) is 15.6. The van der Waals surface area contributed by atoms with Crippen molar-refractivity contribution in [3.63, 3.8) is 0 Å². The molecule has 2 heterocycles. The lowest BCUT2D eigenvalue weighted by Gasteiger charge is -2.38. The highest BCUT2D eigenvalue weighted by atomic mass is 16.7. The van der Waals surface area contributed by atoms with Gasteiger partial charge < -0.3 is 55.1 Å². The van der Waals surface area contributed by atoms with Gasteiger partial charge in [0.2, 0.25) is 6.29 Å². The van der Waals surface area contributed by atoms with Crippen LogP contribution in [0.1, 0.15) is 17.2 Å². The van der Waals surface area contributed by atoms with Crippen molar-refractivity contribution in [2.24, 2.45) is 0 Å². The highest BCUT2D eigenvalue weighted by Crippen LogP contribution is 2.43. The Labute approximate surface area is 186 Å². The fourth-order valence-electron chi connectivity index (χ4n) is 3.81. The van der Waals surface area contributed by atoms with E-state index in [9.17, 15) is 40.5 Å². The molecule has 178 valence electrons. The lowest BCUT2D eigenvalue weighted by Crippen LogP contribution is -2.61. The number of rotatable bonds is 4. The van der Waals surface area contributed by atoms with E-state index in [1.165, 1.54) is 24.3 Å². The molecule has 0 aliphatic carbocycles. The third-order valence-corrected chi connectivity index (χ3v) is 5.57. The summed E-state index contributed by atoms with van der Waals surface area (Å²) in [7, 11) is 0. The third-order valence-electron chi connectivity index (χ3n) is 5.57. The van der Waals surface area contributed by atoms with Crippen LogP contribution in [-0.4, -0.2) is 83.6 Å². The zero-order chi connectivity index (χ0) is 24.0. The van der Waals surface area contributed by atoms with Crippen LogP contribution in [0.5, 0.6) is 28.7 Å². The minimum Gasteiger partial charge on any atom is -0.507 e. The van der Waals surface area contributed by atoms with Crippen molar-refractivity contribution in [2.75, 3.05) is 0 Å². The maximum Gasteiger partial charge on any atom is 0.335 e. The molecule has 2 aromatic rings. The van der Waals surface area contributed by atoms with Gasteiger partial charge in [0.1, 0.15) is 41.7 Å². The number of ether oxygens (including phenoxy) is 3. The molecule has 0 saturated carbocycles. The first-order valence-electron chi connectivity index (χ1n) is 9.88. The van der Waals surface area contributed by atoms with E-state index in [1.807, 2.05) is 0 Å². The van der Waals surface area contributed by atoms with Crippen LogP contribution in [0.15, 0.2) is 30.3 Å². The van der Waals surface area contributed by atoms with E-state index < -0.39 is 54.6 Å². The number of aliphatic hydroxyl groups excluding tert-OH is 4. The van der Waals surface area contributed by atoms with Crippen molar-refractivity contribution < 1.29 is 59.9 Å². The monoisotopic (exact) mass is 466 g/mol. The van der Waals surface area contributed by atoms with Gasteiger partial charge in [0.15, 0.2) is 17.6 Å². The molecular formula is C21H22O12. The van der Waals surface area contributed by atoms with Crippen LogP contribution < -0.4 is 9.47 Å². The minimum atomic E-state index is -1.89. The van der Waals surface area contributed by atoms with Crippen molar-refractivity contribution >= 4 is 5.97 Å². The van der Waals surface area contributed by atoms with E-state index in [1.54, 1.807) is 0 Å². The molecule has 12 heteroatoms. The summed E-state index contributed by atoms with van der Waals surface area (Å²) in [5.41, 5.74) is 0.597. The fourth-order valence-corrected chi connectivity index (χ4v) is 3.81. The van der Waals surface area contributed by atoms with Crippen molar-refractivity contribution in [3.8, 4) is 28.7 Å². The van der Waals surface area contributed by atoms with Gasteiger partial charge in [-0.3, -0.25) is 0 Å². The van der Waals surface area contributed by atoms with Crippen LogP contribution in [0.4, 0.5) is 0 Å². The summed E-state index contributed by atoms with van der Waals surface area (Å²) in [6.07, 6.45) is -11.2. The average Bonchev–Trinajstić information content (AvgIpc) is 2.76. The quantitative estimate of drug-likeness (QED) is 0.258. The Balaban J connectivity index is 1.60. The molecule has 4 rings (SSSR count). The lowest BCUT2D eigenvalue weighted by molar-refractivity contribution is -0.271. The third kappa shape index (κ3) is 4.21. The Bertz CT molecular complexity index is 1060. The summed E-state index contributed by atoms with van der Waals surface area (Å²) in [6, 6.07) is 6.33. The van der Waals surface area contributed by atoms with Gasteiger partial charge in [0.25, 0.3) is 0 Å². The molecule has 8 N–H and O–H groups in total. The van der Waals surface area contributed by atoms with Crippen molar-refractivity contribution in [1.82, 2.24) is 0 Å². The predicted octanol–water partition coefficient (Wildman–Crippen LogP) is -0.889. The Morgan fingerprint density at radius 3 is 2.30 bits per heavy atom. The lowest BCUT2D eigenvalue weighted by atomic mass is 9.94. The second kappa shape index (κ2) is 8.57. The Hall–Kier alpha value is -3.29. The summed E-state index contributed by atoms with van der Waals surface area (Å²) in [6.45, 7) is 0. The van der Waals surface area contributed by atoms with Crippen LogP contribution in [-0.2, 0) is 16.0 Å². The summed E-state index contributed by atoms with van der Waals surface area (Å²) in [5, 5.41) is 79.1. The molecule has 7 unspecified atom stereocenters. The zero-order valence-electron chi connectivity index (χ0n) is 16.8. The topological polar surface area (TPSA) is 207 Å². The van der Waals surface area contributed by atoms with Gasteiger partial charge >= 0.3 is 5.97 Å². The number of phenols is 3. The molecule has 1 saturated heterocycles. The van der Waals surface area contributed by atoms with E-state index in [2.05, 4.69) is 0 Å². The number of hydrogen-bond acceptors (Lipinski definition) is 11. The maximum atomic E-state index is 11.3. The second-order valence-corrected chi connectivity index (χ2v) is 7.83. The molecular weight excluding hydrogens is 444 g/mol. The zero-order valence-corrected chi connectivity index (χ0v) is 16.8. The molecule has 0 aromatic heterocycles. The van der Waals surface area contributed by atoms with Crippen LogP contribution >= 0.6 is 0 Å². The molecule has 0 spiro atoms. The number of benzene rings is 2. The van der Waals surface area contributed by atoms with Crippen LogP contribution in [0.2, 0.25) is 0 Å².